The first-order valence-corrected chi connectivity index (χ1v) is 6.61. The molecule has 94 valence electrons. The van der Waals surface area contributed by atoms with Gasteiger partial charge in [0.25, 0.3) is 0 Å². The SMILES string of the molecule is Cc1ccc(C(C)F)cc1CC1CCNCC1. The third-order valence-electron chi connectivity index (χ3n) is 3.80. The number of benzene rings is 1. The molecule has 1 N–H and O–H groups in total. The Morgan fingerprint density at radius 1 is 1.35 bits per heavy atom. The molecule has 1 heterocycles. The summed E-state index contributed by atoms with van der Waals surface area (Å²) in [5.41, 5.74) is 3.45. The fourth-order valence-electron chi connectivity index (χ4n) is 2.56. The largest absolute Gasteiger partial charge is 0.317 e. The molecule has 0 amide bonds. The molecule has 17 heavy (non-hydrogen) atoms. The molecule has 1 aromatic carbocycles. The predicted molar refractivity (Wildman–Crippen MR) is 70.0 cm³/mol. The normalized spacial score (nSPS) is 19.2. The van der Waals surface area contributed by atoms with Gasteiger partial charge in [-0.15, -0.1) is 0 Å². The number of hydrogen-bond donors (Lipinski definition) is 1. The van der Waals surface area contributed by atoms with Crippen molar-refractivity contribution >= 4 is 0 Å². The maximum atomic E-state index is 13.3. The second-order valence-electron chi connectivity index (χ2n) is 5.20. The highest BCUT2D eigenvalue weighted by molar-refractivity contribution is 5.32. The van der Waals surface area contributed by atoms with E-state index in [4.69, 9.17) is 0 Å². The smallest absolute Gasteiger partial charge is 0.122 e. The number of nitrogens with one attached hydrogen (secondary N) is 1. The van der Waals surface area contributed by atoms with Crippen LogP contribution in [0.1, 0.15) is 42.6 Å². The van der Waals surface area contributed by atoms with Gasteiger partial charge in [0.2, 0.25) is 0 Å². The number of alkyl halides is 1. The molecule has 0 aliphatic carbocycles. The molecule has 1 fully saturated rings. The molecule has 0 radical (unpaired) electrons. The first kappa shape index (κ1) is 12.6. The number of hydrogen-bond acceptors (Lipinski definition) is 1. The quantitative estimate of drug-likeness (QED) is 0.844. The highest BCUT2D eigenvalue weighted by Crippen LogP contribution is 2.24. The van der Waals surface area contributed by atoms with Crippen LogP contribution in [0.15, 0.2) is 18.2 Å². The average Bonchev–Trinajstić information content (AvgIpc) is 2.33. The van der Waals surface area contributed by atoms with Crippen molar-refractivity contribution < 1.29 is 4.39 Å². The molecule has 1 nitrogen and oxygen atoms in total. The summed E-state index contributed by atoms with van der Waals surface area (Å²) < 4.78 is 13.3. The molecule has 1 aliphatic heterocycles. The molecule has 1 aliphatic rings. The lowest BCUT2D eigenvalue weighted by atomic mass is 9.88. The van der Waals surface area contributed by atoms with Crippen molar-refractivity contribution in [2.45, 2.75) is 39.3 Å². The van der Waals surface area contributed by atoms with Gasteiger partial charge in [-0.1, -0.05) is 18.2 Å². The summed E-state index contributed by atoms with van der Waals surface area (Å²) in [6.45, 7) is 5.99. The summed E-state index contributed by atoms with van der Waals surface area (Å²) in [4.78, 5) is 0. The number of halogens is 1. The molecule has 0 saturated carbocycles. The molecule has 0 bridgehead atoms. The van der Waals surface area contributed by atoms with Gasteiger partial charge in [-0.3, -0.25) is 0 Å². The van der Waals surface area contributed by atoms with Crippen molar-refractivity contribution in [3.8, 4) is 0 Å². The van der Waals surface area contributed by atoms with Crippen LogP contribution in [-0.2, 0) is 6.42 Å². The lowest BCUT2D eigenvalue weighted by molar-refractivity contribution is 0.367. The van der Waals surface area contributed by atoms with Crippen LogP contribution in [0.2, 0.25) is 0 Å². The second kappa shape index (κ2) is 5.63. The highest BCUT2D eigenvalue weighted by Gasteiger charge is 2.15. The Balaban J connectivity index is 2.10. The van der Waals surface area contributed by atoms with Crippen LogP contribution in [0.5, 0.6) is 0 Å². The zero-order valence-electron chi connectivity index (χ0n) is 10.8. The third kappa shape index (κ3) is 3.29. The molecule has 0 aromatic heterocycles. The molecular weight excluding hydrogens is 213 g/mol. The molecule has 1 saturated heterocycles. The molecule has 1 aromatic rings. The Kier molecular flexibility index (Phi) is 4.16. The van der Waals surface area contributed by atoms with Crippen LogP contribution in [0.25, 0.3) is 0 Å². The van der Waals surface area contributed by atoms with Gasteiger partial charge < -0.3 is 5.32 Å². The van der Waals surface area contributed by atoms with Crippen LogP contribution >= 0.6 is 0 Å². The van der Waals surface area contributed by atoms with Crippen LogP contribution in [0.3, 0.4) is 0 Å². The lowest BCUT2D eigenvalue weighted by Crippen LogP contribution is -2.28. The second-order valence-corrected chi connectivity index (χ2v) is 5.20. The Hall–Kier alpha value is -0.890. The van der Waals surface area contributed by atoms with Crippen molar-refractivity contribution in [2.24, 2.45) is 5.92 Å². The summed E-state index contributed by atoms with van der Waals surface area (Å²) in [6.07, 6.45) is 2.74. The number of piperidine rings is 1. The van der Waals surface area contributed by atoms with Gasteiger partial charge in [-0.25, -0.2) is 4.39 Å². The van der Waals surface area contributed by atoms with Crippen molar-refractivity contribution in [3.63, 3.8) is 0 Å². The first-order valence-electron chi connectivity index (χ1n) is 6.61. The van der Waals surface area contributed by atoms with Crippen LogP contribution in [-0.4, -0.2) is 13.1 Å². The summed E-state index contributed by atoms with van der Waals surface area (Å²) >= 11 is 0. The van der Waals surface area contributed by atoms with Crippen molar-refractivity contribution in [2.75, 3.05) is 13.1 Å². The Morgan fingerprint density at radius 3 is 2.71 bits per heavy atom. The average molecular weight is 235 g/mol. The standard InChI is InChI=1S/C15H22FN/c1-11-3-4-14(12(2)16)10-15(11)9-13-5-7-17-8-6-13/h3-4,10,12-13,17H,5-9H2,1-2H3. The molecule has 1 unspecified atom stereocenters. The van der Waals surface area contributed by atoms with E-state index in [9.17, 15) is 4.39 Å². The van der Waals surface area contributed by atoms with Crippen LogP contribution < -0.4 is 5.32 Å². The van der Waals surface area contributed by atoms with Gasteiger partial charge >= 0.3 is 0 Å². The number of aryl methyl sites for hydroxylation is 1. The minimum absolute atomic E-state index is 0.764. The van der Waals surface area contributed by atoms with Crippen LogP contribution in [0, 0.1) is 12.8 Å². The Bertz CT molecular complexity index is 367. The highest BCUT2D eigenvalue weighted by atomic mass is 19.1. The topological polar surface area (TPSA) is 12.0 Å². The summed E-state index contributed by atoms with van der Waals surface area (Å²) in [7, 11) is 0. The number of rotatable bonds is 3. The van der Waals surface area contributed by atoms with Crippen molar-refractivity contribution in [1.29, 1.82) is 0 Å². The third-order valence-corrected chi connectivity index (χ3v) is 3.80. The van der Waals surface area contributed by atoms with E-state index in [2.05, 4.69) is 24.4 Å². The van der Waals surface area contributed by atoms with Gasteiger partial charge in [-0.05, 0) is 68.8 Å². The zero-order chi connectivity index (χ0) is 12.3. The van der Waals surface area contributed by atoms with E-state index in [0.717, 1.165) is 31.0 Å². The van der Waals surface area contributed by atoms with E-state index in [-0.39, 0.29) is 0 Å². The van der Waals surface area contributed by atoms with Gasteiger partial charge in [-0.2, -0.15) is 0 Å². The first-order chi connectivity index (χ1) is 8.16. The van der Waals surface area contributed by atoms with Gasteiger partial charge in [0.1, 0.15) is 6.17 Å². The Labute approximate surface area is 103 Å². The van der Waals surface area contributed by atoms with Gasteiger partial charge in [0.15, 0.2) is 0 Å². The molecule has 2 rings (SSSR count). The van der Waals surface area contributed by atoms with Gasteiger partial charge in [0, 0.05) is 0 Å². The van der Waals surface area contributed by atoms with Gasteiger partial charge in [0.05, 0.1) is 0 Å². The molecule has 0 spiro atoms. The molecule has 1 atom stereocenters. The maximum Gasteiger partial charge on any atom is 0.122 e. The minimum Gasteiger partial charge on any atom is -0.317 e. The predicted octanol–water partition coefficient (Wildman–Crippen LogP) is 3.57. The zero-order valence-corrected chi connectivity index (χ0v) is 10.8. The summed E-state index contributed by atoms with van der Waals surface area (Å²) in [6, 6.07) is 6.02. The van der Waals surface area contributed by atoms with Crippen molar-refractivity contribution in [1.82, 2.24) is 5.32 Å². The monoisotopic (exact) mass is 235 g/mol. The van der Waals surface area contributed by atoms with Crippen molar-refractivity contribution in [3.05, 3.63) is 34.9 Å². The van der Waals surface area contributed by atoms with E-state index in [1.807, 2.05) is 6.07 Å². The van der Waals surface area contributed by atoms with E-state index in [0.29, 0.717) is 0 Å². The fraction of sp³-hybridized carbons (Fsp3) is 0.600. The molecular formula is C15H22FN. The Morgan fingerprint density at radius 2 is 2.06 bits per heavy atom. The van der Waals surface area contributed by atoms with E-state index in [1.54, 1.807) is 6.92 Å². The summed E-state index contributed by atoms with van der Waals surface area (Å²) in [5, 5.41) is 3.38. The lowest BCUT2D eigenvalue weighted by Gasteiger charge is -2.23. The minimum atomic E-state index is -0.859. The maximum absolute atomic E-state index is 13.3. The fourth-order valence-corrected chi connectivity index (χ4v) is 2.56. The summed E-state index contributed by atoms with van der Waals surface area (Å²) in [5.74, 6) is 0.764. The van der Waals surface area contributed by atoms with E-state index < -0.39 is 6.17 Å². The van der Waals surface area contributed by atoms with Crippen LogP contribution in [0.4, 0.5) is 4.39 Å². The van der Waals surface area contributed by atoms with E-state index in [1.165, 1.54) is 24.0 Å². The molecule has 2 heteroatoms. The van der Waals surface area contributed by atoms with E-state index >= 15 is 0 Å².